The molecule has 1 heterocycles. The molecule has 0 aliphatic heterocycles. The number of aliphatic hydroxyl groups is 1. The van der Waals surface area contributed by atoms with Crippen LogP contribution in [0.1, 0.15) is 17.2 Å². The molecule has 19 heavy (non-hydrogen) atoms. The van der Waals surface area contributed by atoms with Gasteiger partial charge in [-0.25, -0.2) is 4.68 Å². The fourth-order valence-corrected chi connectivity index (χ4v) is 2.90. The van der Waals surface area contributed by atoms with Crippen molar-refractivity contribution < 1.29 is 5.11 Å². The number of aryl methyl sites for hydroxylation is 1. The molecule has 96 valence electrons. The first-order chi connectivity index (χ1) is 9.16. The minimum Gasteiger partial charge on any atom is -0.383 e. The maximum absolute atomic E-state index is 10.4. The number of nitrogens with zero attached hydrogens (tertiary/aromatic N) is 4. The van der Waals surface area contributed by atoms with E-state index in [0.29, 0.717) is 5.16 Å². The first-order valence-corrected chi connectivity index (χ1v) is 6.56. The number of aromatic nitrogens is 4. The molecule has 0 radical (unpaired) electrons. The number of allylic oxidation sites excluding steroid dienone is 2. The van der Waals surface area contributed by atoms with E-state index in [1.54, 1.807) is 11.7 Å². The summed E-state index contributed by atoms with van der Waals surface area (Å²) in [7, 11) is 1.76. The minimum absolute atomic E-state index is 0.637. The molecule has 1 atom stereocenters. The summed E-state index contributed by atoms with van der Waals surface area (Å²) in [4.78, 5) is 0.779. The summed E-state index contributed by atoms with van der Waals surface area (Å²) < 4.78 is 1.57. The van der Waals surface area contributed by atoms with Crippen molar-refractivity contribution in [3.8, 4) is 0 Å². The molecule has 0 fully saturated rings. The molecule has 0 saturated heterocycles. The van der Waals surface area contributed by atoms with Gasteiger partial charge in [-0.3, -0.25) is 0 Å². The zero-order chi connectivity index (χ0) is 13.4. The van der Waals surface area contributed by atoms with Gasteiger partial charge in [0.25, 0.3) is 0 Å². The number of tetrazole rings is 1. The normalized spacial score (nSPS) is 18.1. The number of hydrogen-bond acceptors (Lipinski definition) is 5. The quantitative estimate of drug-likeness (QED) is 0.905. The lowest BCUT2D eigenvalue weighted by Gasteiger charge is -2.23. The molecule has 1 aliphatic rings. The van der Waals surface area contributed by atoms with Gasteiger partial charge in [0.2, 0.25) is 5.16 Å². The number of hydrogen-bond donors (Lipinski definition) is 1. The van der Waals surface area contributed by atoms with E-state index in [0.717, 1.165) is 21.6 Å². The molecule has 0 spiro atoms. The molecule has 3 rings (SSSR count). The van der Waals surface area contributed by atoms with E-state index < -0.39 is 6.10 Å². The van der Waals surface area contributed by atoms with E-state index >= 15 is 0 Å². The largest absolute Gasteiger partial charge is 0.383 e. The van der Waals surface area contributed by atoms with Gasteiger partial charge >= 0.3 is 0 Å². The first kappa shape index (κ1) is 12.1. The average molecular weight is 272 g/mol. The number of benzene rings is 1. The predicted octanol–water partition coefficient (Wildman–Crippen LogP) is 1.95. The van der Waals surface area contributed by atoms with Gasteiger partial charge in [0.05, 0.1) is 0 Å². The minimum atomic E-state index is -0.664. The monoisotopic (exact) mass is 272 g/mol. The number of thioether (sulfide) groups is 1. The third kappa shape index (κ3) is 2.09. The smallest absolute Gasteiger partial charge is 0.213 e. The van der Waals surface area contributed by atoms with Crippen LogP contribution in [0.4, 0.5) is 0 Å². The molecule has 2 aromatic rings. The van der Waals surface area contributed by atoms with E-state index in [4.69, 9.17) is 0 Å². The molecule has 1 N–H and O–H groups in total. The molecule has 0 amide bonds. The molecule has 0 saturated carbocycles. The summed E-state index contributed by atoms with van der Waals surface area (Å²) in [5.74, 6) is 0. The second kappa shape index (κ2) is 4.64. The highest BCUT2D eigenvalue weighted by Crippen LogP contribution is 2.42. The van der Waals surface area contributed by atoms with Crippen molar-refractivity contribution in [2.45, 2.75) is 11.3 Å². The van der Waals surface area contributed by atoms with E-state index in [1.807, 2.05) is 30.3 Å². The fraction of sp³-hybridized carbons (Fsp3) is 0.154. The van der Waals surface area contributed by atoms with Crippen molar-refractivity contribution in [1.82, 2.24) is 20.2 Å². The van der Waals surface area contributed by atoms with Crippen molar-refractivity contribution in [1.29, 1.82) is 0 Å². The highest BCUT2D eigenvalue weighted by atomic mass is 32.2. The van der Waals surface area contributed by atoms with Crippen LogP contribution < -0.4 is 0 Å². The second-order valence-electron chi connectivity index (χ2n) is 4.25. The Hall–Kier alpha value is -1.92. The Morgan fingerprint density at radius 2 is 2.16 bits per heavy atom. The van der Waals surface area contributed by atoms with Crippen LogP contribution >= 0.6 is 11.8 Å². The third-order valence-corrected chi connectivity index (χ3v) is 4.08. The zero-order valence-electron chi connectivity index (χ0n) is 10.3. The van der Waals surface area contributed by atoms with Gasteiger partial charge in [-0.15, -0.1) is 5.10 Å². The Morgan fingerprint density at radius 3 is 2.89 bits per heavy atom. The van der Waals surface area contributed by atoms with Gasteiger partial charge in [-0.05, 0) is 45.0 Å². The van der Waals surface area contributed by atoms with Crippen LogP contribution in [-0.4, -0.2) is 25.3 Å². The summed E-state index contributed by atoms with van der Waals surface area (Å²) in [6.07, 6.45) is 1.22. The van der Waals surface area contributed by atoms with Gasteiger partial charge < -0.3 is 5.11 Å². The van der Waals surface area contributed by atoms with Crippen molar-refractivity contribution in [2.24, 2.45) is 7.05 Å². The highest BCUT2D eigenvalue weighted by Gasteiger charge is 2.24. The maximum Gasteiger partial charge on any atom is 0.213 e. The maximum atomic E-state index is 10.4. The Kier molecular flexibility index (Phi) is 2.96. The van der Waals surface area contributed by atoms with Crippen LogP contribution in [0.2, 0.25) is 0 Å². The van der Waals surface area contributed by atoms with Gasteiger partial charge in [0.1, 0.15) is 6.10 Å². The summed E-state index contributed by atoms with van der Waals surface area (Å²) in [5, 5.41) is 22.3. The zero-order valence-corrected chi connectivity index (χ0v) is 11.1. The summed E-state index contributed by atoms with van der Waals surface area (Å²) in [5.41, 5.74) is 2.74. The van der Waals surface area contributed by atoms with Crippen LogP contribution in [-0.2, 0) is 7.05 Å². The fourth-order valence-electron chi connectivity index (χ4n) is 2.01. The Labute approximate surface area is 114 Å². The van der Waals surface area contributed by atoms with Crippen LogP contribution in [0.3, 0.4) is 0 Å². The summed E-state index contributed by atoms with van der Waals surface area (Å²) in [6, 6.07) is 7.72. The molecule has 1 unspecified atom stereocenters. The summed E-state index contributed by atoms with van der Waals surface area (Å²) in [6.45, 7) is 4.03. The topological polar surface area (TPSA) is 63.8 Å². The lowest BCUT2D eigenvalue weighted by Crippen LogP contribution is -2.08. The number of rotatable bonds is 2. The Morgan fingerprint density at radius 1 is 1.37 bits per heavy atom. The molecule has 1 aliphatic carbocycles. The third-order valence-electron chi connectivity index (χ3n) is 2.98. The first-order valence-electron chi connectivity index (χ1n) is 5.75. The SMILES string of the molecule is C=C1C=C(Sc2nnnn2C)C(O)c2ccccc21. The lowest BCUT2D eigenvalue weighted by molar-refractivity contribution is 0.223. The van der Waals surface area contributed by atoms with Gasteiger partial charge in [-0.2, -0.15) is 0 Å². The van der Waals surface area contributed by atoms with Crippen molar-refractivity contribution in [2.75, 3.05) is 0 Å². The van der Waals surface area contributed by atoms with Crippen LogP contribution in [0.5, 0.6) is 0 Å². The van der Waals surface area contributed by atoms with Gasteiger partial charge in [-0.1, -0.05) is 30.8 Å². The van der Waals surface area contributed by atoms with Crippen molar-refractivity contribution >= 4 is 17.3 Å². The van der Waals surface area contributed by atoms with Crippen LogP contribution in [0, 0.1) is 0 Å². The Balaban J connectivity index is 1.97. The van der Waals surface area contributed by atoms with Gasteiger partial charge in [0, 0.05) is 12.0 Å². The lowest BCUT2D eigenvalue weighted by atomic mass is 9.91. The van der Waals surface area contributed by atoms with E-state index in [-0.39, 0.29) is 0 Å². The number of aliphatic hydroxyl groups excluding tert-OH is 1. The number of fused-ring (bicyclic) bond motifs is 1. The molecule has 1 aromatic heterocycles. The molecular weight excluding hydrogens is 260 g/mol. The molecule has 5 nitrogen and oxygen atoms in total. The van der Waals surface area contributed by atoms with Crippen LogP contribution in [0.25, 0.3) is 5.57 Å². The van der Waals surface area contributed by atoms with E-state index in [2.05, 4.69) is 22.1 Å². The molecule has 6 heteroatoms. The molecule has 1 aromatic carbocycles. The van der Waals surface area contributed by atoms with Crippen molar-refractivity contribution in [3.63, 3.8) is 0 Å². The van der Waals surface area contributed by atoms with Gasteiger partial charge in [0.15, 0.2) is 0 Å². The standard InChI is InChI=1S/C13H12N4OS/c1-8-7-11(19-13-14-15-16-17(13)2)12(18)10-6-4-3-5-9(8)10/h3-7,12,18H,1H2,2H3. The highest BCUT2D eigenvalue weighted by molar-refractivity contribution is 8.03. The molecular formula is C13H12N4OS. The van der Waals surface area contributed by atoms with E-state index in [9.17, 15) is 5.11 Å². The molecule has 0 bridgehead atoms. The van der Waals surface area contributed by atoms with E-state index in [1.165, 1.54) is 11.8 Å². The average Bonchev–Trinajstić information content (AvgIpc) is 2.81. The second-order valence-corrected chi connectivity index (χ2v) is 5.29. The van der Waals surface area contributed by atoms with Crippen molar-refractivity contribution in [3.05, 3.63) is 53.0 Å². The summed E-state index contributed by atoms with van der Waals surface area (Å²) >= 11 is 1.35. The predicted molar refractivity (Wildman–Crippen MR) is 73.2 cm³/mol. The Bertz CT molecular complexity index is 677. The van der Waals surface area contributed by atoms with Crippen LogP contribution in [0.15, 0.2) is 47.0 Å².